The van der Waals surface area contributed by atoms with E-state index < -0.39 is 0 Å². The summed E-state index contributed by atoms with van der Waals surface area (Å²) in [4.78, 5) is 27.0. The van der Waals surface area contributed by atoms with Gasteiger partial charge in [0.1, 0.15) is 11.6 Å². The lowest BCUT2D eigenvalue weighted by atomic mass is 10.1. The van der Waals surface area contributed by atoms with Crippen molar-refractivity contribution in [2.24, 2.45) is 0 Å². The number of aromatic nitrogens is 3. The molecule has 28 heavy (non-hydrogen) atoms. The maximum Gasteiger partial charge on any atom is 0.223 e. The lowest BCUT2D eigenvalue weighted by Crippen LogP contribution is -2.32. The SMILES string of the molecule is O=C(CCC(=O)N1CCCC1c1nnc2n1CCCCC2)c1ccc(F)cc1. The number of halogens is 1. The molecule has 2 aliphatic rings. The molecule has 3 heterocycles. The van der Waals surface area contributed by atoms with Gasteiger partial charge in [-0.3, -0.25) is 9.59 Å². The fourth-order valence-corrected chi connectivity index (χ4v) is 4.23. The number of carbonyl (C=O) groups excluding carboxylic acids is 2. The number of benzene rings is 1. The van der Waals surface area contributed by atoms with Crippen LogP contribution >= 0.6 is 0 Å². The van der Waals surface area contributed by atoms with Crippen molar-refractivity contribution in [1.29, 1.82) is 0 Å². The highest BCUT2D eigenvalue weighted by Crippen LogP contribution is 2.33. The number of likely N-dealkylation sites (tertiary alicyclic amines) is 1. The highest BCUT2D eigenvalue weighted by molar-refractivity contribution is 5.97. The average Bonchev–Trinajstić information content (AvgIpc) is 3.27. The first kappa shape index (κ1) is 18.8. The number of hydrogen-bond acceptors (Lipinski definition) is 4. The molecule has 0 spiro atoms. The molecule has 1 atom stereocenters. The van der Waals surface area contributed by atoms with E-state index in [0.29, 0.717) is 12.1 Å². The van der Waals surface area contributed by atoms with Crippen molar-refractivity contribution >= 4 is 11.7 Å². The fraction of sp³-hybridized carbons (Fsp3) is 0.524. The molecule has 1 saturated heterocycles. The second-order valence-corrected chi connectivity index (χ2v) is 7.61. The molecule has 1 aromatic carbocycles. The van der Waals surface area contributed by atoms with Crippen molar-refractivity contribution in [2.45, 2.75) is 64.0 Å². The first-order chi connectivity index (χ1) is 13.6. The van der Waals surface area contributed by atoms with Crippen LogP contribution in [-0.4, -0.2) is 37.9 Å². The van der Waals surface area contributed by atoms with Crippen LogP contribution in [0.4, 0.5) is 4.39 Å². The number of nitrogens with zero attached hydrogens (tertiary/aromatic N) is 4. The molecule has 7 heteroatoms. The summed E-state index contributed by atoms with van der Waals surface area (Å²) in [6, 6.07) is 5.41. The third kappa shape index (κ3) is 3.84. The minimum Gasteiger partial charge on any atom is -0.332 e. The number of carbonyl (C=O) groups is 2. The Morgan fingerprint density at radius 1 is 1.00 bits per heavy atom. The maximum atomic E-state index is 13.0. The largest absolute Gasteiger partial charge is 0.332 e. The van der Waals surface area contributed by atoms with Gasteiger partial charge >= 0.3 is 0 Å². The van der Waals surface area contributed by atoms with Gasteiger partial charge in [0.05, 0.1) is 6.04 Å². The molecule has 4 rings (SSSR count). The molecule has 1 amide bonds. The Morgan fingerprint density at radius 3 is 2.64 bits per heavy atom. The monoisotopic (exact) mass is 384 g/mol. The predicted molar refractivity (Wildman–Crippen MR) is 101 cm³/mol. The Hall–Kier alpha value is -2.57. The summed E-state index contributed by atoms with van der Waals surface area (Å²) in [6.07, 6.45) is 6.50. The minimum atomic E-state index is -0.375. The van der Waals surface area contributed by atoms with E-state index in [1.165, 1.54) is 30.7 Å². The summed E-state index contributed by atoms with van der Waals surface area (Å²) in [5.41, 5.74) is 0.440. The van der Waals surface area contributed by atoms with Crippen LogP contribution in [0.1, 0.15) is 73.0 Å². The van der Waals surface area contributed by atoms with Crippen LogP contribution in [0.5, 0.6) is 0 Å². The molecule has 0 aliphatic carbocycles. The number of ketones is 1. The molecule has 0 N–H and O–H groups in total. The zero-order valence-corrected chi connectivity index (χ0v) is 15.9. The first-order valence-corrected chi connectivity index (χ1v) is 10.1. The van der Waals surface area contributed by atoms with Crippen LogP contribution in [0.25, 0.3) is 0 Å². The molecule has 0 radical (unpaired) electrons. The van der Waals surface area contributed by atoms with Gasteiger partial charge in [0.25, 0.3) is 0 Å². The third-order valence-electron chi connectivity index (χ3n) is 5.74. The summed E-state index contributed by atoms with van der Waals surface area (Å²) in [5, 5.41) is 8.79. The van der Waals surface area contributed by atoms with Crippen LogP contribution in [0, 0.1) is 5.82 Å². The molecule has 0 bridgehead atoms. The molecule has 1 aromatic heterocycles. The summed E-state index contributed by atoms with van der Waals surface area (Å²) >= 11 is 0. The van der Waals surface area contributed by atoms with Crippen molar-refractivity contribution in [1.82, 2.24) is 19.7 Å². The second-order valence-electron chi connectivity index (χ2n) is 7.61. The number of amides is 1. The fourth-order valence-electron chi connectivity index (χ4n) is 4.23. The first-order valence-electron chi connectivity index (χ1n) is 10.1. The van der Waals surface area contributed by atoms with Gasteiger partial charge < -0.3 is 9.47 Å². The third-order valence-corrected chi connectivity index (χ3v) is 5.74. The summed E-state index contributed by atoms with van der Waals surface area (Å²) < 4.78 is 15.2. The van der Waals surface area contributed by atoms with Gasteiger partial charge in [-0.2, -0.15) is 0 Å². The van der Waals surface area contributed by atoms with Crippen molar-refractivity contribution < 1.29 is 14.0 Å². The van der Waals surface area contributed by atoms with Crippen LogP contribution in [0.2, 0.25) is 0 Å². The van der Waals surface area contributed by atoms with Gasteiger partial charge in [0, 0.05) is 37.9 Å². The standard InChI is InChI=1S/C21H25FN4O2/c22-16-9-7-15(8-10-16)18(27)11-12-20(28)25-14-4-5-17(25)21-24-23-19-6-2-1-3-13-26(19)21/h7-10,17H,1-6,11-14H2. The summed E-state index contributed by atoms with van der Waals surface area (Å²) in [7, 11) is 0. The summed E-state index contributed by atoms with van der Waals surface area (Å²) in [5.74, 6) is 1.38. The number of rotatable bonds is 5. The van der Waals surface area contributed by atoms with E-state index in [-0.39, 0.29) is 36.4 Å². The van der Waals surface area contributed by atoms with E-state index in [1.54, 1.807) is 0 Å². The molecular formula is C21H25FN4O2. The average molecular weight is 384 g/mol. The molecule has 6 nitrogen and oxygen atoms in total. The Bertz CT molecular complexity index is 862. The molecule has 1 unspecified atom stereocenters. The van der Waals surface area contributed by atoms with Crippen molar-refractivity contribution in [2.75, 3.05) is 6.54 Å². The molecule has 1 fully saturated rings. The van der Waals surface area contributed by atoms with Crippen LogP contribution in [0.15, 0.2) is 24.3 Å². The van der Waals surface area contributed by atoms with Gasteiger partial charge in [-0.15, -0.1) is 10.2 Å². The molecular weight excluding hydrogens is 359 g/mol. The van der Waals surface area contributed by atoms with Gasteiger partial charge in [-0.25, -0.2) is 4.39 Å². The quantitative estimate of drug-likeness (QED) is 0.741. The van der Waals surface area contributed by atoms with Gasteiger partial charge in [0.2, 0.25) is 5.91 Å². The zero-order chi connectivity index (χ0) is 19.5. The molecule has 2 aromatic rings. The Labute approximate surface area is 163 Å². The molecule has 148 valence electrons. The number of aryl methyl sites for hydroxylation is 1. The lowest BCUT2D eigenvalue weighted by molar-refractivity contribution is -0.132. The van der Waals surface area contributed by atoms with E-state index >= 15 is 0 Å². The topological polar surface area (TPSA) is 68.1 Å². The Kier molecular flexibility index (Phi) is 5.50. The summed E-state index contributed by atoms with van der Waals surface area (Å²) in [6.45, 7) is 1.61. The van der Waals surface area contributed by atoms with Crippen molar-refractivity contribution in [3.05, 3.63) is 47.3 Å². The second kappa shape index (κ2) is 8.20. The number of hydrogen-bond donors (Lipinski definition) is 0. The highest BCUT2D eigenvalue weighted by atomic mass is 19.1. The lowest BCUT2D eigenvalue weighted by Gasteiger charge is -2.24. The van der Waals surface area contributed by atoms with E-state index in [4.69, 9.17) is 0 Å². The van der Waals surface area contributed by atoms with E-state index in [9.17, 15) is 14.0 Å². The van der Waals surface area contributed by atoms with Gasteiger partial charge in [-0.05, 0) is 49.9 Å². The van der Waals surface area contributed by atoms with Gasteiger partial charge in [-0.1, -0.05) is 6.42 Å². The van der Waals surface area contributed by atoms with Crippen molar-refractivity contribution in [3.63, 3.8) is 0 Å². The van der Waals surface area contributed by atoms with E-state index in [0.717, 1.165) is 50.3 Å². The maximum absolute atomic E-state index is 13.0. The zero-order valence-electron chi connectivity index (χ0n) is 15.9. The molecule has 2 aliphatic heterocycles. The Morgan fingerprint density at radius 2 is 1.82 bits per heavy atom. The van der Waals surface area contributed by atoms with Crippen LogP contribution in [0.3, 0.4) is 0 Å². The minimum absolute atomic E-state index is 0.0241. The van der Waals surface area contributed by atoms with Crippen molar-refractivity contribution in [3.8, 4) is 0 Å². The van der Waals surface area contributed by atoms with E-state index in [2.05, 4.69) is 14.8 Å². The van der Waals surface area contributed by atoms with Gasteiger partial charge in [0.15, 0.2) is 11.6 Å². The predicted octanol–water partition coefficient (Wildman–Crippen LogP) is 3.47. The molecule has 0 saturated carbocycles. The van der Waals surface area contributed by atoms with E-state index in [1.807, 2.05) is 4.90 Å². The normalized spacial score (nSPS) is 19.3. The van der Waals surface area contributed by atoms with Crippen LogP contribution < -0.4 is 0 Å². The Balaban J connectivity index is 1.42. The number of fused-ring (bicyclic) bond motifs is 1. The smallest absolute Gasteiger partial charge is 0.223 e. The highest BCUT2D eigenvalue weighted by Gasteiger charge is 2.34. The number of Topliss-reactive ketones (excluding diaryl/α,β-unsaturated/α-hetero) is 1. The van der Waals surface area contributed by atoms with Crippen LogP contribution in [-0.2, 0) is 17.8 Å².